The van der Waals surface area contributed by atoms with E-state index in [1.54, 1.807) is 4.52 Å². The average molecular weight is 326 g/mol. The Bertz CT molecular complexity index is 917. The molecule has 2 heterocycles. The Kier molecular flexibility index (Phi) is 2.50. The number of halogens is 1. The predicted molar refractivity (Wildman–Crippen MR) is 79.2 cm³/mol. The Morgan fingerprint density at radius 3 is 2.70 bits per heavy atom. The van der Waals surface area contributed by atoms with Crippen LogP contribution in [0.3, 0.4) is 0 Å². The second-order valence-electron chi connectivity index (χ2n) is 4.38. The van der Waals surface area contributed by atoms with E-state index < -0.39 is 0 Å². The molecule has 0 radical (unpaired) electrons. The van der Waals surface area contributed by atoms with Gasteiger partial charge in [0.1, 0.15) is 0 Å². The Morgan fingerprint density at radius 2 is 1.85 bits per heavy atom. The first-order chi connectivity index (χ1) is 9.83. The SMILES string of the molecule is Brc1ccc2nc(-c3ccccc3)n3nnnc3c2c1. The van der Waals surface area contributed by atoms with Gasteiger partial charge < -0.3 is 0 Å². The number of fused-ring (bicyclic) bond motifs is 3. The van der Waals surface area contributed by atoms with Gasteiger partial charge in [-0.25, -0.2) is 4.98 Å². The van der Waals surface area contributed by atoms with E-state index in [1.807, 2.05) is 48.5 Å². The molecule has 5 nitrogen and oxygen atoms in total. The normalized spacial score (nSPS) is 11.2. The van der Waals surface area contributed by atoms with E-state index in [4.69, 9.17) is 0 Å². The molecule has 0 unspecified atom stereocenters. The first-order valence-electron chi connectivity index (χ1n) is 6.06. The molecule has 0 amide bonds. The lowest BCUT2D eigenvalue weighted by atomic mass is 10.2. The van der Waals surface area contributed by atoms with Crippen LogP contribution in [-0.2, 0) is 0 Å². The molecule has 96 valence electrons. The highest BCUT2D eigenvalue weighted by molar-refractivity contribution is 9.10. The maximum atomic E-state index is 4.69. The summed E-state index contributed by atoms with van der Waals surface area (Å²) in [5.41, 5.74) is 2.55. The number of nitrogens with zero attached hydrogens (tertiary/aromatic N) is 5. The van der Waals surface area contributed by atoms with Crippen LogP contribution in [-0.4, -0.2) is 25.0 Å². The van der Waals surface area contributed by atoms with Gasteiger partial charge in [-0.15, -0.1) is 5.10 Å². The average Bonchev–Trinajstić information content (AvgIpc) is 2.97. The highest BCUT2D eigenvalue weighted by Crippen LogP contribution is 2.25. The van der Waals surface area contributed by atoms with E-state index in [1.165, 1.54) is 0 Å². The van der Waals surface area contributed by atoms with Crippen molar-refractivity contribution in [1.82, 2.24) is 25.0 Å². The number of aromatic nitrogens is 5. The lowest BCUT2D eigenvalue weighted by Crippen LogP contribution is -1.99. The second kappa shape index (κ2) is 4.35. The number of benzene rings is 2. The van der Waals surface area contributed by atoms with E-state index in [0.29, 0.717) is 5.65 Å². The zero-order chi connectivity index (χ0) is 13.5. The van der Waals surface area contributed by atoms with Gasteiger partial charge >= 0.3 is 0 Å². The van der Waals surface area contributed by atoms with Gasteiger partial charge in [-0.1, -0.05) is 46.3 Å². The maximum absolute atomic E-state index is 4.69. The number of rotatable bonds is 1. The first kappa shape index (κ1) is 11.5. The summed E-state index contributed by atoms with van der Waals surface area (Å²) in [4.78, 5) is 4.69. The van der Waals surface area contributed by atoms with Crippen LogP contribution in [0.2, 0.25) is 0 Å². The highest BCUT2D eigenvalue weighted by Gasteiger charge is 2.12. The molecule has 0 aliphatic carbocycles. The van der Waals surface area contributed by atoms with Crippen molar-refractivity contribution in [2.24, 2.45) is 0 Å². The van der Waals surface area contributed by atoms with E-state index in [0.717, 1.165) is 26.8 Å². The summed E-state index contributed by atoms with van der Waals surface area (Å²) in [5.74, 6) is 0.737. The zero-order valence-corrected chi connectivity index (χ0v) is 11.8. The molecule has 20 heavy (non-hydrogen) atoms. The van der Waals surface area contributed by atoms with Gasteiger partial charge in [-0.05, 0) is 28.6 Å². The van der Waals surface area contributed by atoms with Gasteiger partial charge in [-0.3, -0.25) is 0 Å². The van der Waals surface area contributed by atoms with Crippen molar-refractivity contribution in [3.05, 3.63) is 53.0 Å². The molecular weight excluding hydrogens is 318 g/mol. The number of tetrazole rings is 1. The lowest BCUT2D eigenvalue weighted by molar-refractivity contribution is 0.819. The molecule has 0 aliphatic heterocycles. The van der Waals surface area contributed by atoms with Gasteiger partial charge in [0.05, 0.1) is 5.52 Å². The van der Waals surface area contributed by atoms with Gasteiger partial charge in [0.2, 0.25) is 0 Å². The van der Waals surface area contributed by atoms with Crippen molar-refractivity contribution in [2.45, 2.75) is 0 Å². The van der Waals surface area contributed by atoms with Crippen molar-refractivity contribution in [1.29, 1.82) is 0 Å². The van der Waals surface area contributed by atoms with Crippen molar-refractivity contribution in [3.63, 3.8) is 0 Å². The van der Waals surface area contributed by atoms with Crippen LogP contribution in [0.1, 0.15) is 0 Å². The Hall–Kier alpha value is -2.34. The molecule has 0 aliphatic rings. The number of hydrogen-bond donors (Lipinski definition) is 0. The van der Waals surface area contributed by atoms with Crippen LogP contribution < -0.4 is 0 Å². The minimum atomic E-state index is 0.704. The molecule has 0 N–H and O–H groups in total. The topological polar surface area (TPSA) is 56.0 Å². The van der Waals surface area contributed by atoms with E-state index in [2.05, 4.69) is 36.4 Å². The van der Waals surface area contributed by atoms with Crippen LogP contribution in [0.25, 0.3) is 27.9 Å². The quantitative estimate of drug-likeness (QED) is 0.539. The van der Waals surface area contributed by atoms with Gasteiger partial charge in [0.15, 0.2) is 11.5 Å². The molecule has 2 aromatic carbocycles. The summed E-state index contributed by atoms with van der Waals surface area (Å²) in [6.07, 6.45) is 0. The standard InChI is InChI=1S/C14H8BrN5/c15-10-6-7-12-11(8-10)14-17-18-19-20(14)13(16-12)9-4-2-1-3-5-9/h1-8H. The van der Waals surface area contributed by atoms with Gasteiger partial charge in [0.25, 0.3) is 0 Å². The van der Waals surface area contributed by atoms with Crippen LogP contribution in [0.4, 0.5) is 0 Å². The van der Waals surface area contributed by atoms with E-state index in [9.17, 15) is 0 Å². The predicted octanol–water partition coefficient (Wildman–Crippen LogP) is 3.10. The third-order valence-corrected chi connectivity index (χ3v) is 3.62. The van der Waals surface area contributed by atoms with Crippen molar-refractivity contribution >= 4 is 32.5 Å². The fourth-order valence-electron chi connectivity index (χ4n) is 2.22. The van der Waals surface area contributed by atoms with E-state index in [-0.39, 0.29) is 0 Å². The first-order valence-corrected chi connectivity index (χ1v) is 6.85. The minimum absolute atomic E-state index is 0.704. The lowest BCUT2D eigenvalue weighted by Gasteiger charge is -2.06. The minimum Gasteiger partial charge on any atom is -0.228 e. The molecule has 0 fully saturated rings. The zero-order valence-electron chi connectivity index (χ0n) is 10.2. The molecule has 0 atom stereocenters. The van der Waals surface area contributed by atoms with Gasteiger partial charge in [-0.2, -0.15) is 4.52 Å². The fraction of sp³-hybridized carbons (Fsp3) is 0. The Morgan fingerprint density at radius 1 is 1.00 bits per heavy atom. The fourth-order valence-corrected chi connectivity index (χ4v) is 2.58. The summed E-state index contributed by atoms with van der Waals surface area (Å²) in [7, 11) is 0. The van der Waals surface area contributed by atoms with Crippen LogP contribution in [0, 0.1) is 0 Å². The molecule has 0 saturated heterocycles. The molecule has 0 saturated carbocycles. The molecule has 2 aromatic heterocycles. The van der Waals surface area contributed by atoms with E-state index >= 15 is 0 Å². The molecule has 4 aromatic rings. The highest BCUT2D eigenvalue weighted by atomic mass is 79.9. The summed E-state index contributed by atoms with van der Waals surface area (Å²) >= 11 is 3.46. The molecule has 4 rings (SSSR count). The van der Waals surface area contributed by atoms with Gasteiger partial charge in [0, 0.05) is 15.4 Å². The van der Waals surface area contributed by atoms with Crippen LogP contribution in [0.5, 0.6) is 0 Å². The largest absolute Gasteiger partial charge is 0.228 e. The Balaban J connectivity index is 2.15. The monoisotopic (exact) mass is 325 g/mol. The third kappa shape index (κ3) is 1.69. The van der Waals surface area contributed by atoms with Crippen LogP contribution >= 0.6 is 15.9 Å². The second-order valence-corrected chi connectivity index (χ2v) is 5.29. The van der Waals surface area contributed by atoms with Crippen molar-refractivity contribution < 1.29 is 0 Å². The summed E-state index contributed by atoms with van der Waals surface area (Å²) < 4.78 is 2.65. The third-order valence-electron chi connectivity index (χ3n) is 3.13. The van der Waals surface area contributed by atoms with Crippen LogP contribution in [0.15, 0.2) is 53.0 Å². The maximum Gasteiger partial charge on any atom is 0.191 e. The molecule has 6 heteroatoms. The molecule has 0 spiro atoms. The number of hydrogen-bond acceptors (Lipinski definition) is 4. The molecule has 0 bridgehead atoms. The summed E-state index contributed by atoms with van der Waals surface area (Å²) in [5, 5.41) is 12.9. The van der Waals surface area contributed by atoms with Crippen molar-refractivity contribution in [2.75, 3.05) is 0 Å². The van der Waals surface area contributed by atoms with Crippen molar-refractivity contribution in [3.8, 4) is 11.4 Å². The smallest absolute Gasteiger partial charge is 0.191 e. The Labute approximate surface area is 122 Å². The molecular formula is C14H8BrN5. The summed E-state index contributed by atoms with van der Waals surface area (Å²) in [6.45, 7) is 0. The summed E-state index contributed by atoms with van der Waals surface area (Å²) in [6, 6.07) is 15.8.